The number of methoxy groups -OCH3 is 1. The normalized spacial score (nSPS) is 11.2. The summed E-state index contributed by atoms with van der Waals surface area (Å²) in [6, 6.07) is 2.96. The molecule has 0 saturated carbocycles. The Kier molecular flexibility index (Phi) is 5.10. The molecule has 133 valence electrons. The van der Waals surface area contributed by atoms with Crippen LogP contribution in [0, 0.1) is 17.5 Å². The first-order valence-electron chi connectivity index (χ1n) is 6.33. The molecule has 2 rings (SSSR count). The minimum absolute atomic E-state index is 0.302. The van der Waals surface area contributed by atoms with Crippen molar-refractivity contribution in [3.8, 4) is 23.0 Å². The van der Waals surface area contributed by atoms with Gasteiger partial charge in [0, 0.05) is 12.1 Å². The van der Waals surface area contributed by atoms with Crippen molar-refractivity contribution >= 4 is 6.29 Å². The van der Waals surface area contributed by atoms with Crippen molar-refractivity contribution in [2.45, 2.75) is 6.36 Å². The molecule has 0 amide bonds. The smallest absolute Gasteiger partial charge is 0.493 e. The largest absolute Gasteiger partial charge is 0.573 e. The molecule has 2 aromatic rings. The molecule has 0 aliphatic carbocycles. The molecule has 0 heterocycles. The first-order chi connectivity index (χ1) is 11.7. The summed E-state index contributed by atoms with van der Waals surface area (Å²) < 4.78 is 90.0. The zero-order chi connectivity index (χ0) is 18.8. The van der Waals surface area contributed by atoms with Crippen molar-refractivity contribution in [2.75, 3.05) is 7.11 Å². The van der Waals surface area contributed by atoms with Crippen molar-refractivity contribution < 1.29 is 45.3 Å². The standard InChI is InChI=1S/C15H7F6O4/c1-23-12-4-7(25-15(19,20)21)2-3-10(12)24-11-5-9(16)14(18)13(17)8(11)6-22/h2-5H,1H3. The predicted octanol–water partition coefficient (Wildman–Crippen LogP) is 4.26. The Morgan fingerprint density at radius 2 is 1.64 bits per heavy atom. The van der Waals surface area contributed by atoms with Crippen molar-refractivity contribution in [1.82, 2.24) is 0 Å². The molecule has 0 spiro atoms. The summed E-state index contributed by atoms with van der Waals surface area (Å²) in [4.78, 5) is 10.8. The molecule has 0 atom stereocenters. The highest BCUT2D eigenvalue weighted by Crippen LogP contribution is 2.38. The molecule has 0 fully saturated rings. The van der Waals surface area contributed by atoms with Crippen LogP contribution in [-0.4, -0.2) is 19.8 Å². The zero-order valence-electron chi connectivity index (χ0n) is 12.2. The fourth-order valence-electron chi connectivity index (χ4n) is 1.80. The van der Waals surface area contributed by atoms with E-state index < -0.39 is 40.9 Å². The van der Waals surface area contributed by atoms with Crippen LogP contribution in [0.25, 0.3) is 0 Å². The second-order valence-electron chi connectivity index (χ2n) is 4.42. The van der Waals surface area contributed by atoms with Gasteiger partial charge in [-0.2, -0.15) is 0 Å². The van der Waals surface area contributed by atoms with Crippen LogP contribution in [0.3, 0.4) is 0 Å². The predicted molar refractivity (Wildman–Crippen MR) is 70.9 cm³/mol. The summed E-state index contributed by atoms with van der Waals surface area (Å²) >= 11 is 0. The number of carbonyl (C=O) groups excluding carboxylic acids is 1. The first kappa shape index (κ1) is 18.4. The second kappa shape index (κ2) is 6.91. The number of hydrogen-bond donors (Lipinski definition) is 0. The van der Waals surface area contributed by atoms with Crippen LogP contribution in [0.15, 0.2) is 24.3 Å². The lowest BCUT2D eigenvalue weighted by molar-refractivity contribution is -0.274. The third kappa shape index (κ3) is 4.14. The van der Waals surface area contributed by atoms with E-state index in [2.05, 4.69) is 4.74 Å². The van der Waals surface area contributed by atoms with Crippen LogP contribution in [0.2, 0.25) is 0 Å². The number of ether oxygens (including phenoxy) is 3. The maximum atomic E-state index is 13.5. The highest BCUT2D eigenvalue weighted by molar-refractivity contribution is 5.80. The van der Waals surface area contributed by atoms with Gasteiger partial charge in [-0.25, -0.2) is 13.2 Å². The fraction of sp³-hybridized carbons (Fsp3) is 0.133. The van der Waals surface area contributed by atoms with Gasteiger partial charge in [0.2, 0.25) is 6.29 Å². The summed E-state index contributed by atoms with van der Waals surface area (Å²) in [5.41, 5.74) is -1.03. The summed E-state index contributed by atoms with van der Waals surface area (Å²) in [6.45, 7) is 0. The van der Waals surface area contributed by atoms with Gasteiger partial charge in [0.05, 0.1) is 7.11 Å². The van der Waals surface area contributed by atoms with E-state index in [1.54, 1.807) is 0 Å². The zero-order valence-corrected chi connectivity index (χ0v) is 12.2. The van der Waals surface area contributed by atoms with E-state index in [0.717, 1.165) is 31.6 Å². The third-order valence-electron chi connectivity index (χ3n) is 2.82. The van der Waals surface area contributed by atoms with E-state index in [1.165, 1.54) is 0 Å². The molecule has 10 heteroatoms. The molecule has 0 saturated heterocycles. The average molecular weight is 365 g/mol. The molecule has 0 N–H and O–H groups in total. The molecule has 0 aromatic heterocycles. The summed E-state index contributed by atoms with van der Waals surface area (Å²) in [6.07, 6.45) is -3.89. The lowest BCUT2D eigenvalue weighted by Gasteiger charge is -2.14. The summed E-state index contributed by atoms with van der Waals surface area (Å²) in [5, 5.41) is 0. The van der Waals surface area contributed by atoms with Crippen LogP contribution < -0.4 is 14.2 Å². The Hall–Kier alpha value is -2.91. The van der Waals surface area contributed by atoms with E-state index in [-0.39, 0.29) is 11.5 Å². The van der Waals surface area contributed by atoms with Gasteiger partial charge in [-0.15, -0.1) is 13.2 Å². The molecule has 0 bridgehead atoms. The Labute approximate surface area is 136 Å². The Morgan fingerprint density at radius 1 is 0.960 bits per heavy atom. The van der Waals surface area contributed by atoms with Gasteiger partial charge in [0.25, 0.3) is 0 Å². The fourth-order valence-corrected chi connectivity index (χ4v) is 1.80. The van der Waals surface area contributed by atoms with Crippen molar-refractivity contribution in [3.05, 3.63) is 47.3 Å². The van der Waals surface area contributed by atoms with Crippen LogP contribution >= 0.6 is 0 Å². The van der Waals surface area contributed by atoms with Gasteiger partial charge < -0.3 is 14.2 Å². The molecular weight excluding hydrogens is 358 g/mol. The van der Waals surface area contributed by atoms with Crippen LogP contribution in [0.1, 0.15) is 5.56 Å². The maximum Gasteiger partial charge on any atom is 0.573 e. The first-order valence-corrected chi connectivity index (χ1v) is 6.33. The van der Waals surface area contributed by atoms with Gasteiger partial charge in [-0.3, -0.25) is 4.79 Å². The summed E-state index contributed by atoms with van der Waals surface area (Å²) in [5.74, 6) is -7.35. The molecule has 1 radical (unpaired) electrons. The second-order valence-corrected chi connectivity index (χ2v) is 4.42. The van der Waals surface area contributed by atoms with Crippen molar-refractivity contribution in [2.24, 2.45) is 0 Å². The summed E-state index contributed by atoms with van der Waals surface area (Å²) in [7, 11) is 1.08. The highest BCUT2D eigenvalue weighted by Gasteiger charge is 2.31. The Balaban J connectivity index is 2.42. The maximum absolute atomic E-state index is 13.5. The van der Waals surface area contributed by atoms with E-state index in [0.29, 0.717) is 6.07 Å². The third-order valence-corrected chi connectivity index (χ3v) is 2.82. The molecule has 0 aliphatic heterocycles. The Bertz CT molecular complexity index is 804. The Morgan fingerprint density at radius 3 is 2.20 bits per heavy atom. The topological polar surface area (TPSA) is 44.8 Å². The van der Waals surface area contributed by atoms with Crippen LogP contribution in [0.5, 0.6) is 23.0 Å². The van der Waals surface area contributed by atoms with Crippen molar-refractivity contribution in [3.63, 3.8) is 0 Å². The molecule has 4 nitrogen and oxygen atoms in total. The van der Waals surface area contributed by atoms with Gasteiger partial charge in [-0.1, -0.05) is 0 Å². The van der Waals surface area contributed by atoms with Crippen LogP contribution in [0.4, 0.5) is 26.3 Å². The number of hydrogen-bond acceptors (Lipinski definition) is 4. The molecule has 25 heavy (non-hydrogen) atoms. The lowest BCUT2D eigenvalue weighted by Crippen LogP contribution is -2.17. The number of rotatable bonds is 5. The van der Waals surface area contributed by atoms with Gasteiger partial charge in [-0.05, 0) is 12.1 Å². The van der Waals surface area contributed by atoms with Gasteiger partial charge >= 0.3 is 6.36 Å². The molecular formula is C15H7F6O4. The molecule has 0 aliphatic rings. The highest BCUT2D eigenvalue weighted by atomic mass is 19.4. The van der Waals surface area contributed by atoms with Crippen molar-refractivity contribution in [1.29, 1.82) is 0 Å². The quantitative estimate of drug-likeness (QED) is 0.587. The number of benzene rings is 2. The number of alkyl halides is 3. The van der Waals surface area contributed by atoms with Crippen LogP contribution in [-0.2, 0) is 4.79 Å². The average Bonchev–Trinajstić information content (AvgIpc) is 2.53. The minimum atomic E-state index is -4.95. The van der Waals surface area contributed by atoms with E-state index in [9.17, 15) is 31.1 Å². The number of halogens is 6. The van der Waals surface area contributed by atoms with E-state index in [4.69, 9.17) is 9.47 Å². The SMILES string of the molecule is COc1cc(OC(F)(F)F)ccc1Oc1cc(F)c(F)c(F)c1[C]=O. The van der Waals surface area contributed by atoms with Gasteiger partial charge in [0.1, 0.15) is 17.1 Å². The molecule has 2 aromatic carbocycles. The van der Waals surface area contributed by atoms with E-state index in [1.807, 2.05) is 0 Å². The molecule has 0 unspecified atom stereocenters. The lowest BCUT2D eigenvalue weighted by atomic mass is 10.2. The minimum Gasteiger partial charge on any atom is -0.493 e. The van der Waals surface area contributed by atoms with E-state index >= 15 is 0 Å². The monoisotopic (exact) mass is 365 g/mol. The van der Waals surface area contributed by atoms with Gasteiger partial charge in [0.15, 0.2) is 29.0 Å².